The number of hydrogen-bond donors (Lipinski definition) is 1. The zero-order chi connectivity index (χ0) is 17.1. The smallest absolute Gasteiger partial charge is 0.241 e. The summed E-state index contributed by atoms with van der Waals surface area (Å²) in [5, 5.41) is 0.484. The molecule has 2 aliphatic rings. The Labute approximate surface area is 147 Å². The molecule has 1 aromatic carbocycles. The third-order valence-corrected chi connectivity index (χ3v) is 6.06. The summed E-state index contributed by atoms with van der Waals surface area (Å²) in [5.74, 6) is -0.256. The lowest BCUT2D eigenvalue weighted by Gasteiger charge is -2.34. The molecule has 2 aliphatic heterocycles. The van der Waals surface area contributed by atoms with E-state index in [0.29, 0.717) is 5.25 Å². The van der Waals surface area contributed by atoms with Gasteiger partial charge in [0.1, 0.15) is 0 Å². The molecule has 2 amide bonds. The van der Waals surface area contributed by atoms with Gasteiger partial charge in [0.2, 0.25) is 11.8 Å². The first kappa shape index (κ1) is 17.3. The van der Waals surface area contributed by atoms with Crippen molar-refractivity contribution < 1.29 is 9.59 Å². The van der Waals surface area contributed by atoms with Gasteiger partial charge in [-0.3, -0.25) is 14.5 Å². The minimum absolute atomic E-state index is 0.0605. The number of fused-ring (bicyclic) bond motifs is 1. The molecule has 24 heavy (non-hydrogen) atoms. The molecule has 1 fully saturated rings. The molecule has 6 heteroatoms. The molecule has 0 unspecified atom stereocenters. The highest BCUT2D eigenvalue weighted by molar-refractivity contribution is 8.00. The number of carbonyl (C=O) groups excluding carboxylic acids is 2. The van der Waals surface area contributed by atoms with E-state index in [2.05, 4.69) is 13.0 Å². The van der Waals surface area contributed by atoms with Crippen LogP contribution in [0.15, 0.2) is 29.2 Å². The Morgan fingerprint density at radius 1 is 1.21 bits per heavy atom. The van der Waals surface area contributed by atoms with Gasteiger partial charge in [0.05, 0.1) is 18.3 Å². The highest BCUT2D eigenvalue weighted by atomic mass is 32.2. The third kappa shape index (κ3) is 3.75. The van der Waals surface area contributed by atoms with Crippen molar-refractivity contribution in [2.75, 3.05) is 24.5 Å². The first-order valence-electron chi connectivity index (χ1n) is 8.65. The van der Waals surface area contributed by atoms with Crippen molar-refractivity contribution in [1.82, 2.24) is 4.90 Å². The third-order valence-electron chi connectivity index (χ3n) is 4.82. The topological polar surface area (TPSA) is 66.6 Å². The van der Waals surface area contributed by atoms with E-state index in [1.165, 1.54) is 0 Å². The predicted molar refractivity (Wildman–Crippen MR) is 97.1 cm³/mol. The van der Waals surface area contributed by atoms with E-state index in [1.54, 1.807) is 0 Å². The fourth-order valence-electron chi connectivity index (χ4n) is 3.51. The standard InChI is InChI=1S/C18H25N3O2S/c1-13-9-11-21(14-6-2-3-8-16(14)24-13)17(22)12-20-10-5-4-7-15(20)18(19)23/h2-3,6,8,13,15H,4-5,7,9-12H2,1H3,(H2,19,23)/t13-,15-/m1/s1. The number of amides is 2. The molecular formula is C18H25N3O2S. The normalized spacial score (nSPS) is 25.0. The highest BCUT2D eigenvalue weighted by Gasteiger charge is 2.31. The molecule has 1 saturated heterocycles. The number of nitrogens with two attached hydrogens (primary N) is 1. The number of carbonyl (C=O) groups is 2. The predicted octanol–water partition coefficient (Wildman–Crippen LogP) is 2.24. The van der Waals surface area contributed by atoms with Crippen molar-refractivity contribution in [1.29, 1.82) is 0 Å². The lowest BCUT2D eigenvalue weighted by Crippen LogP contribution is -2.52. The van der Waals surface area contributed by atoms with Crippen LogP contribution in [0, 0.1) is 0 Å². The minimum Gasteiger partial charge on any atom is -0.368 e. The number of hydrogen-bond acceptors (Lipinski definition) is 4. The zero-order valence-corrected chi connectivity index (χ0v) is 14.9. The fourth-order valence-corrected chi connectivity index (χ4v) is 4.62. The van der Waals surface area contributed by atoms with Crippen molar-refractivity contribution in [3.8, 4) is 0 Å². The van der Waals surface area contributed by atoms with E-state index in [0.717, 1.165) is 49.4 Å². The summed E-state index contributed by atoms with van der Waals surface area (Å²) in [5.41, 5.74) is 6.51. The monoisotopic (exact) mass is 347 g/mol. The molecule has 130 valence electrons. The number of anilines is 1. The molecule has 0 bridgehead atoms. The lowest BCUT2D eigenvalue weighted by molar-refractivity contribution is -0.127. The van der Waals surface area contributed by atoms with Crippen molar-refractivity contribution in [3.05, 3.63) is 24.3 Å². The number of likely N-dealkylation sites (tertiary alicyclic amines) is 1. The van der Waals surface area contributed by atoms with E-state index in [4.69, 9.17) is 5.73 Å². The average Bonchev–Trinajstić information content (AvgIpc) is 2.73. The van der Waals surface area contributed by atoms with Gasteiger partial charge in [-0.15, -0.1) is 11.8 Å². The summed E-state index contributed by atoms with van der Waals surface area (Å²) in [4.78, 5) is 29.6. The van der Waals surface area contributed by atoms with Crippen LogP contribution in [0.5, 0.6) is 0 Å². The van der Waals surface area contributed by atoms with Gasteiger partial charge in [0.25, 0.3) is 0 Å². The van der Waals surface area contributed by atoms with Gasteiger partial charge >= 0.3 is 0 Å². The van der Waals surface area contributed by atoms with Crippen LogP contribution in [0.4, 0.5) is 5.69 Å². The second-order valence-electron chi connectivity index (χ2n) is 6.61. The van der Waals surface area contributed by atoms with Gasteiger partial charge in [-0.1, -0.05) is 25.5 Å². The van der Waals surface area contributed by atoms with Gasteiger partial charge in [-0.05, 0) is 37.9 Å². The van der Waals surface area contributed by atoms with E-state index in [-0.39, 0.29) is 24.4 Å². The van der Waals surface area contributed by atoms with Crippen LogP contribution in [-0.4, -0.2) is 47.6 Å². The maximum Gasteiger partial charge on any atom is 0.241 e. The molecule has 1 aromatic rings. The molecule has 0 aromatic heterocycles. The molecule has 0 saturated carbocycles. The highest BCUT2D eigenvalue weighted by Crippen LogP contribution is 2.37. The summed E-state index contributed by atoms with van der Waals surface area (Å²) in [6.07, 6.45) is 3.73. The molecule has 2 N–H and O–H groups in total. The molecule has 0 spiro atoms. The Morgan fingerprint density at radius 3 is 2.79 bits per heavy atom. The summed E-state index contributed by atoms with van der Waals surface area (Å²) < 4.78 is 0. The van der Waals surface area contributed by atoms with Gasteiger partial charge < -0.3 is 10.6 Å². The number of benzene rings is 1. The molecule has 5 nitrogen and oxygen atoms in total. The number of primary amides is 1. The van der Waals surface area contributed by atoms with Gasteiger partial charge in [0, 0.05) is 16.7 Å². The molecule has 0 aliphatic carbocycles. The Bertz CT molecular complexity index is 622. The number of para-hydroxylation sites is 1. The number of piperidine rings is 1. The average molecular weight is 347 g/mol. The Balaban J connectivity index is 1.78. The summed E-state index contributed by atoms with van der Waals surface area (Å²) in [6, 6.07) is 7.77. The largest absolute Gasteiger partial charge is 0.368 e. The second-order valence-corrected chi connectivity index (χ2v) is 8.09. The van der Waals surface area contributed by atoms with Crippen LogP contribution in [0.25, 0.3) is 0 Å². The van der Waals surface area contributed by atoms with Crippen molar-refractivity contribution in [3.63, 3.8) is 0 Å². The summed E-state index contributed by atoms with van der Waals surface area (Å²) >= 11 is 1.82. The minimum atomic E-state index is -0.317. The van der Waals surface area contributed by atoms with E-state index < -0.39 is 0 Å². The van der Waals surface area contributed by atoms with Gasteiger partial charge in [0.15, 0.2) is 0 Å². The van der Waals surface area contributed by atoms with Crippen LogP contribution < -0.4 is 10.6 Å². The van der Waals surface area contributed by atoms with E-state index >= 15 is 0 Å². The molecule has 2 atom stereocenters. The fraction of sp³-hybridized carbons (Fsp3) is 0.556. The van der Waals surface area contributed by atoms with Crippen LogP contribution in [0.3, 0.4) is 0 Å². The number of thioether (sulfide) groups is 1. The van der Waals surface area contributed by atoms with E-state index in [1.807, 2.05) is 39.8 Å². The first-order valence-corrected chi connectivity index (χ1v) is 9.53. The van der Waals surface area contributed by atoms with Crippen LogP contribution in [0.1, 0.15) is 32.6 Å². The Kier molecular flexibility index (Phi) is 5.46. The van der Waals surface area contributed by atoms with E-state index in [9.17, 15) is 9.59 Å². The van der Waals surface area contributed by atoms with Crippen molar-refractivity contribution in [2.24, 2.45) is 5.73 Å². The molecule has 2 heterocycles. The van der Waals surface area contributed by atoms with Crippen molar-refractivity contribution >= 4 is 29.3 Å². The van der Waals surface area contributed by atoms with Crippen LogP contribution in [0.2, 0.25) is 0 Å². The number of rotatable bonds is 3. The number of nitrogens with zero attached hydrogens (tertiary/aromatic N) is 2. The van der Waals surface area contributed by atoms with Crippen molar-refractivity contribution in [2.45, 2.75) is 48.8 Å². The summed E-state index contributed by atoms with van der Waals surface area (Å²) in [7, 11) is 0. The maximum atomic E-state index is 13.0. The van der Waals surface area contributed by atoms with Gasteiger partial charge in [-0.25, -0.2) is 0 Å². The molecule has 3 rings (SSSR count). The second kappa shape index (κ2) is 7.57. The van der Waals surface area contributed by atoms with Crippen LogP contribution in [-0.2, 0) is 9.59 Å². The lowest BCUT2D eigenvalue weighted by atomic mass is 10.0. The maximum absolute atomic E-state index is 13.0. The first-order chi connectivity index (χ1) is 11.6. The van der Waals surface area contributed by atoms with Gasteiger partial charge in [-0.2, -0.15) is 0 Å². The molecular weight excluding hydrogens is 322 g/mol. The van der Waals surface area contributed by atoms with Crippen LogP contribution >= 0.6 is 11.8 Å². The SMILES string of the molecule is C[C@@H]1CCN(C(=O)CN2CCCC[C@@H]2C(N)=O)c2ccccc2S1. The summed E-state index contributed by atoms with van der Waals surface area (Å²) in [6.45, 7) is 3.95. The Morgan fingerprint density at radius 2 is 2.00 bits per heavy atom. The zero-order valence-electron chi connectivity index (χ0n) is 14.1. The Hall–Kier alpha value is -1.53. The molecule has 0 radical (unpaired) electrons. The quantitative estimate of drug-likeness (QED) is 0.911.